The van der Waals surface area contributed by atoms with Gasteiger partial charge in [-0.15, -0.1) is 0 Å². The van der Waals surface area contributed by atoms with Crippen LogP contribution in [-0.4, -0.2) is 22.1 Å². The molecule has 174 valence electrons. The minimum absolute atomic E-state index is 0.213. The summed E-state index contributed by atoms with van der Waals surface area (Å²) >= 11 is 0. The van der Waals surface area contributed by atoms with Gasteiger partial charge in [-0.25, -0.2) is 4.79 Å². The van der Waals surface area contributed by atoms with Crippen LogP contribution in [-0.2, 0) is 24.3 Å². The van der Waals surface area contributed by atoms with Gasteiger partial charge in [-0.1, -0.05) is 55.1 Å². The number of fused-ring (bicyclic) bond motifs is 1. The number of aromatic nitrogens is 1. The Morgan fingerprint density at radius 3 is 2.29 bits per heavy atom. The van der Waals surface area contributed by atoms with Crippen LogP contribution in [0.15, 0.2) is 84.9 Å². The Labute approximate surface area is 203 Å². The number of ether oxygens (including phenoxy) is 2. The molecule has 0 fully saturated rings. The van der Waals surface area contributed by atoms with Crippen LogP contribution >= 0.6 is 0 Å². The number of benzene rings is 3. The average Bonchev–Trinajstić information content (AvgIpc) is 3.19. The van der Waals surface area contributed by atoms with Crippen molar-refractivity contribution in [2.45, 2.75) is 19.6 Å². The van der Waals surface area contributed by atoms with E-state index in [1.165, 1.54) is 0 Å². The molecule has 7 nitrogen and oxygen atoms in total. The van der Waals surface area contributed by atoms with Gasteiger partial charge in [0.1, 0.15) is 29.5 Å². The first-order chi connectivity index (χ1) is 17.1. The fourth-order valence-electron chi connectivity index (χ4n) is 4.27. The molecule has 0 saturated heterocycles. The molecule has 1 aliphatic rings. The second-order valence-corrected chi connectivity index (χ2v) is 8.23. The highest BCUT2D eigenvalue weighted by Crippen LogP contribution is 2.39. The lowest BCUT2D eigenvalue weighted by molar-refractivity contribution is 0.0917. The van der Waals surface area contributed by atoms with Crippen LogP contribution in [0.4, 0.5) is 16.3 Å². The Balaban J connectivity index is 1.35. The third-order valence-electron chi connectivity index (χ3n) is 6.01. The molecule has 1 aromatic heterocycles. The van der Waals surface area contributed by atoms with Crippen LogP contribution in [0.5, 0.6) is 11.5 Å². The van der Waals surface area contributed by atoms with Crippen LogP contribution in [0, 0.1) is 6.57 Å². The minimum atomic E-state index is -0.390. The summed E-state index contributed by atoms with van der Waals surface area (Å²) in [7, 11) is 0. The molecular formula is C28H24N4O3. The molecule has 2 heterocycles. The molecule has 3 aromatic carbocycles. The largest absolute Gasteiger partial charge is 0.457 e. The molecule has 7 heteroatoms. The maximum atomic E-state index is 12.7. The number of carbonyl (C=O) groups excluding carboxylic acids is 1. The number of anilines is 1. The van der Waals surface area contributed by atoms with E-state index in [0.29, 0.717) is 36.8 Å². The van der Waals surface area contributed by atoms with Gasteiger partial charge < -0.3 is 25.0 Å². The number of hydrogen-bond donors (Lipinski definition) is 1. The predicted octanol–water partition coefficient (Wildman–Crippen LogP) is 6.10. The molecule has 5 rings (SSSR count). The first-order valence-electron chi connectivity index (χ1n) is 11.3. The number of amides is 1. The van der Waals surface area contributed by atoms with Crippen molar-refractivity contribution in [1.82, 2.24) is 9.47 Å². The Morgan fingerprint density at radius 2 is 1.60 bits per heavy atom. The minimum Gasteiger partial charge on any atom is -0.457 e. The van der Waals surface area contributed by atoms with E-state index in [1.54, 1.807) is 4.90 Å². The van der Waals surface area contributed by atoms with Crippen LogP contribution in [0.25, 0.3) is 10.5 Å². The topological polar surface area (TPSA) is 74.1 Å². The van der Waals surface area contributed by atoms with E-state index in [1.807, 2.05) is 89.5 Å². The van der Waals surface area contributed by atoms with Gasteiger partial charge in [0.15, 0.2) is 0 Å². The van der Waals surface area contributed by atoms with E-state index in [9.17, 15) is 4.79 Å². The van der Waals surface area contributed by atoms with Gasteiger partial charge >= 0.3 is 6.09 Å². The number of para-hydroxylation sites is 1. The van der Waals surface area contributed by atoms with E-state index in [2.05, 4.69) is 4.85 Å². The Bertz CT molecular complexity index is 1370. The lowest BCUT2D eigenvalue weighted by Gasteiger charge is -2.26. The lowest BCUT2D eigenvalue weighted by atomic mass is 10.1. The van der Waals surface area contributed by atoms with Gasteiger partial charge in [0.05, 0.1) is 12.2 Å². The molecule has 2 N–H and O–H groups in total. The molecular weight excluding hydrogens is 440 g/mol. The van der Waals surface area contributed by atoms with Gasteiger partial charge in [-0.3, -0.25) is 4.57 Å². The summed E-state index contributed by atoms with van der Waals surface area (Å²) in [6.07, 6.45) is 0.177. The van der Waals surface area contributed by atoms with Crippen LogP contribution in [0.2, 0.25) is 0 Å². The fourth-order valence-corrected chi connectivity index (χ4v) is 4.27. The van der Waals surface area contributed by atoms with Gasteiger partial charge in [-0.05, 0) is 42.0 Å². The van der Waals surface area contributed by atoms with Crippen LogP contribution < -0.4 is 10.5 Å². The third-order valence-corrected chi connectivity index (χ3v) is 6.01. The molecule has 0 unspecified atom stereocenters. The van der Waals surface area contributed by atoms with Gasteiger partial charge in [0.2, 0.25) is 0 Å². The van der Waals surface area contributed by atoms with Crippen molar-refractivity contribution in [3.8, 4) is 17.2 Å². The van der Waals surface area contributed by atoms with Crippen molar-refractivity contribution in [3.05, 3.63) is 113 Å². The number of nitrogens with two attached hydrogens (primary N) is 1. The molecule has 1 aliphatic heterocycles. The van der Waals surface area contributed by atoms with E-state index < -0.39 is 6.09 Å². The summed E-state index contributed by atoms with van der Waals surface area (Å²) < 4.78 is 13.3. The molecule has 0 spiro atoms. The molecule has 0 aliphatic carbocycles. The molecule has 0 atom stereocenters. The zero-order valence-electron chi connectivity index (χ0n) is 19.1. The van der Waals surface area contributed by atoms with E-state index >= 15 is 0 Å². The molecule has 0 saturated carbocycles. The normalized spacial score (nSPS) is 12.5. The summed E-state index contributed by atoms with van der Waals surface area (Å²) in [5.74, 6) is 1.81. The van der Waals surface area contributed by atoms with Gasteiger partial charge in [0, 0.05) is 18.5 Å². The van der Waals surface area contributed by atoms with E-state index in [-0.39, 0.29) is 6.61 Å². The summed E-state index contributed by atoms with van der Waals surface area (Å²) in [4.78, 5) is 18.0. The summed E-state index contributed by atoms with van der Waals surface area (Å²) in [6.45, 7) is 8.74. The first-order valence-corrected chi connectivity index (χ1v) is 11.3. The summed E-state index contributed by atoms with van der Waals surface area (Å²) in [6, 6.07) is 26.7. The monoisotopic (exact) mass is 464 g/mol. The maximum absolute atomic E-state index is 12.7. The zero-order valence-corrected chi connectivity index (χ0v) is 19.1. The number of hydrogen-bond acceptors (Lipinski definition) is 4. The second-order valence-electron chi connectivity index (χ2n) is 8.23. The van der Waals surface area contributed by atoms with Crippen molar-refractivity contribution in [1.29, 1.82) is 0 Å². The average molecular weight is 465 g/mol. The molecule has 0 radical (unpaired) electrons. The maximum Gasteiger partial charge on any atom is 0.410 e. The molecule has 0 bridgehead atoms. The number of nitrogen functional groups attached to an aromatic ring is 1. The van der Waals surface area contributed by atoms with Crippen molar-refractivity contribution in [2.24, 2.45) is 0 Å². The standard InChI is InChI=1S/C28H24N4O3/c1-30-27-26(29)24-18-31(28(33)34-19-20-8-4-2-5-9-20)17-16-25(24)32(27)21-12-14-23(15-13-21)35-22-10-6-3-7-11-22/h2-15H,16-19,29H2. The van der Waals surface area contributed by atoms with E-state index in [0.717, 1.165) is 28.3 Å². The van der Waals surface area contributed by atoms with Crippen molar-refractivity contribution in [3.63, 3.8) is 0 Å². The highest BCUT2D eigenvalue weighted by Gasteiger charge is 2.31. The molecule has 35 heavy (non-hydrogen) atoms. The quantitative estimate of drug-likeness (QED) is 0.362. The highest BCUT2D eigenvalue weighted by molar-refractivity contribution is 5.76. The molecule has 4 aromatic rings. The smallest absolute Gasteiger partial charge is 0.410 e. The second kappa shape index (κ2) is 9.65. The number of rotatable bonds is 5. The van der Waals surface area contributed by atoms with Crippen LogP contribution in [0.1, 0.15) is 16.8 Å². The van der Waals surface area contributed by atoms with Crippen molar-refractivity contribution in [2.75, 3.05) is 12.3 Å². The van der Waals surface area contributed by atoms with Crippen molar-refractivity contribution < 1.29 is 14.3 Å². The Hall–Kier alpha value is -4.70. The molecule has 1 amide bonds. The van der Waals surface area contributed by atoms with E-state index in [4.69, 9.17) is 21.8 Å². The fraction of sp³-hybridized carbons (Fsp3) is 0.143. The summed E-state index contributed by atoms with van der Waals surface area (Å²) in [5.41, 5.74) is 10.3. The first kappa shape index (κ1) is 22.1. The predicted molar refractivity (Wildman–Crippen MR) is 134 cm³/mol. The third kappa shape index (κ3) is 4.55. The Morgan fingerprint density at radius 1 is 0.943 bits per heavy atom. The summed E-state index contributed by atoms with van der Waals surface area (Å²) in [5, 5.41) is 0. The number of nitrogens with zero attached hydrogens (tertiary/aromatic N) is 3. The van der Waals surface area contributed by atoms with Crippen molar-refractivity contribution >= 4 is 17.6 Å². The zero-order chi connectivity index (χ0) is 24.2. The number of carbonyl (C=O) groups is 1. The van der Waals surface area contributed by atoms with Gasteiger partial charge in [0.25, 0.3) is 5.82 Å². The Kier molecular flexibility index (Phi) is 6.10. The van der Waals surface area contributed by atoms with Crippen LogP contribution in [0.3, 0.4) is 0 Å². The lowest BCUT2D eigenvalue weighted by Crippen LogP contribution is -2.36. The SMILES string of the molecule is [C-]#[N+]c1c(N)c2c(n1-c1ccc(Oc3ccccc3)cc1)CCN(C(=O)OCc1ccccc1)C2. The van der Waals surface area contributed by atoms with Gasteiger partial charge in [-0.2, -0.15) is 0 Å². The highest BCUT2D eigenvalue weighted by atomic mass is 16.6.